The summed E-state index contributed by atoms with van der Waals surface area (Å²) >= 11 is 0. The van der Waals surface area contributed by atoms with E-state index >= 15 is 0 Å². The molecular formula is C9H14N4O. The van der Waals surface area contributed by atoms with Crippen molar-refractivity contribution >= 4 is 5.91 Å². The van der Waals surface area contributed by atoms with E-state index in [0.29, 0.717) is 6.04 Å². The second-order valence-electron chi connectivity index (χ2n) is 3.56. The number of carbonyl (C=O) groups is 1. The first kappa shape index (κ1) is 9.21. The maximum absolute atomic E-state index is 10.8. The number of carbonyl (C=O) groups excluding carboxylic acids is 1. The van der Waals surface area contributed by atoms with Crippen molar-refractivity contribution in [1.29, 1.82) is 0 Å². The van der Waals surface area contributed by atoms with Gasteiger partial charge in [-0.25, -0.2) is 4.98 Å². The van der Waals surface area contributed by atoms with Crippen LogP contribution in [0.5, 0.6) is 0 Å². The summed E-state index contributed by atoms with van der Waals surface area (Å²) in [5, 5.41) is 3.36. The van der Waals surface area contributed by atoms with E-state index in [1.165, 1.54) is 6.42 Å². The Kier molecular flexibility index (Phi) is 2.49. The van der Waals surface area contributed by atoms with Gasteiger partial charge < -0.3 is 15.6 Å². The molecule has 1 aliphatic rings. The maximum Gasteiger partial charge on any atom is 0.237 e. The Bertz CT molecular complexity index is 327. The Morgan fingerprint density at radius 3 is 3.29 bits per heavy atom. The van der Waals surface area contributed by atoms with E-state index in [1.807, 2.05) is 4.57 Å². The van der Waals surface area contributed by atoms with Gasteiger partial charge in [0, 0.05) is 12.2 Å². The van der Waals surface area contributed by atoms with Crippen LogP contribution in [-0.4, -0.2) is 22.0 Å². The number of hydrogen-bond acceptors (Lipinski definition) is 3. The summed E-state index contributed by atoms with van der Waals surface area (Å²) < 4.78 is 1.81. The lowest BCUT2D eigenvalue weighted by atomic mass is 10.2. The molecule has 1 aliphatic heterocycles. The first-order valence-electron chi connectivity index (χ1n) is 4.79. The van der Waals surface area contributed by atoms with Gasteiger partial charge in [0.15, 0.2) is 0 Å². The highest BCUT2D eigenvalue weighted by Gasteiger charge is 2.19. The third-order valence-electron chi connectivity index (χ3n) is 2.49. The van der Waals surface area contributed by atoms with Crippen LogP contribution in [-0.2, 0) is 11.3 Å². The van der Waals surface area contributed by atoms with Gasteiger partial charge in [-0.05, 0) is 19.4 Å². The summed E-state index contributed by atoms with van der Waals surface area (Å²) in [6, 6.07) is 0.330. The summed E-state index contributed by atoms with van der Waals surface area (Å²) in [6.45, 7) is 1.25. The van der Waals surface area contributed by atoms with Gasteiger partial charge in [0.05, 0.1) is 12.0 Å². The molecule has 3 N–H and O–H groups in total. The fraction of sp³-hybridized carbons (Fsp3) is 0.556. The van der Waals surface area contributed by atoms with Gasteiger partial charge >= 0.3 is 0 Å². The second kappa shape index (κ2) is 3.79. The summed E-state index contributed by atoms with van der Waals surface area (Å²) in [4.78, 5) is 14.8. The average molecular weight is 194 g/mol. The molecule has 0 radical (unpaired) electrons. The summed E-state index contributed by atoms with van der Waals surface area (Å²) in [7, 11) is 0. The number of aromatic nitrogens is 2. The van der Waals surface area contributed by atoms with Crippen molar-refractivity contribution in [1.82, 2.24) is 14.9 Å². The Morgan fingerprint density at radius 1 is 1.79 bits per heavy atom. The molecule has 1 atom stereocenters. The third-order valence-corrected chi connectivity index (χ3v) is 2.49. The van der Waals surface area contributed by atoms with Gasteiger partial charge in [0.1, 0.15) is 6.54 Å². The van der Waals surface area contributed by atoms with E-state index in [1.54, 1.807) is 12.5 Å². The summed E-state index contributed by atoms with van der Waals surface area (Å²) in [6.07, 6.45) is 5.73. The maximum atomic E-state index is 10.8. The van der Waals surface area contributed by atoms with E-state index in [2.05, 4.69) is 10.3 Å². The zero-order valence-corrected chi connectivity index (χ0v) is 7.94. The zero-order chi connectivity index (χ0) is 9.97. The van der Waals surface area contributed by atoms with Gasteiger partial charge in [0.25, 0.3) is 0 Å². The fourth-order valence-corrected chi connectivity index (χ4v) is 1.86. The Morgan fingerprint density at radius 2 is 2.64 bits per heavy atom. The van der Waals surface area contributed by atoms with Crippen LogP contribution in [0, 0.1) is 0 Å². The normalized spacial score (nSPS) is 21.3. The zero-order valence-electron chi connectivity index (χ0n) is 7.94. The van der Waals surface area contributed by atoms with Crippen molar-refractivity contribution in [3.05, 3.63) is 18.2 Å². The lowest BCUT2D eigenvalue weighted by Crippen LogP contribution is -2.22. The molecule has 0 aromatic carbocycles. The highest BCUT2D eigenvalue weighted by atomic mass is 16.1. The molecule has 0 bridgehead atoms. The molecule has 1 aromatic heterocycles. The van der Waals surface area contributed by atoms with Crippen LogP contribution < -0.4 is 11.1 Å². The number of amides is 1. The van der Waals surface area contributed by atoms with Crippen LogP contribution in [0.4, 0.5) is 0 Å². The van der Waals surface area contributed by atoms with E-state index in [0.717, 1.165) is 18.7 Å². The number of hydrogen-bond donors (Lipinski definition) is 2. The molecule has 0 unspecified atom stereocenters. The minimum atomic E-state index is -0.331. The molecule has 5 heteroatoms. The van der Waals surface area contributed by atoms with Gasteiger partial charge in [-0.1, -0.05) is 0 Å². The van der Waals surface area contributed by atoms with Gasteiger partial charge in [-0.15, -0.1) is 0 Å². The molecule has 1 aromatic rings. The molecular weight excluding hydrogens is 180 g/mol. The predicted octanol–water partition coefficient (Wildman–Crippen LogP) is -0.207. The molecule has 14 heavy (non-hydrogen) atoms. The van der Waals surface area contributed by atoms with Crippen molar-refractivity contribution < 1.29 is 4.79 Å². The first-order valence-corrected chi connectivity index (χ1v) is 4.79. The van der Waals surface area contributed by atoms with E-state index in [-0.39, 0.29) is 12.5 Å². The number of nitrogens with one attached hydrogen (secondary N) is 1. The Balaban J connectivity index is 2.15. The SMILES string of the molecule is NC(=O)Cn1cncc1[C@@H]1CCCN1. The third kappa shape index (κ3) is 1.77. The lowest BCUT2D eigenvalue weighted by molar-refractivity contribution is -0.118. The number of nitrogens with zero attached hydrogens (tertiary/aromatic N) is 2. The van der Waals surface area contributed by atoms with Crippen molar-refractivity contribution in [3.8, 4) is 0 Å². The largest absolute Gasteiger partial charge is 0.368 e. The summed E-state index contributed by atoms with van der Waals surface area (Å²) in [5.74, 6) is -0.331. The standard InChI is InChI=1S/C9H14N4O/c10-9(14)5-13-6-11-4-8(13)7-2-1-3-12-7/h4,6-7,12H,1-3,5H2,(H2,10,14)/t7-/m0/s1. The highest BCUT2D eigenvalue weighted by molar-refractivity contribution is 5.73. The molecule has 2 rings (SSSR count). The predicted molar refractivity (Wildman–Crippen MR) is 51.4 cm³/mol. The quantitative estimate of drug-likeness (QED) is 0.699. The average Bonchev–Trinajstić information content (AvgIpc) is 2.70. The molecule has 0 aliphatic carbocycles. The molecule has 1 amide bonds. The van der Waals surface area contributed by atoms with Gasteiger partial charge in [-0.2, -0.15) is 0 Å². The molecule has 2 heterocycles. The van der Waals surface area contributed by atoms with Crippen LogP contribution in [0.3, 0.4) is 0 Å². The van der Waals surface area contributed by atoms with Crippen LogP contribution in [0.15, 0.2) is 12.5 Å². The van der Waals surface area contributed by atoms with Crippen molar-refractivity contribution in [2.45, 2.75) is 25.4 Å². The van der Waals surface area contributed by atoms with E-state index in [4.69, 9.17) is 5.73 Å². The van der Waals surface area contributed by atoms with Crippen LogP contribution in [0.25, 0.3) is 0 Å². The van der Waals surface area contributed by atoms with E-state index < -0.39 is 0 Å². The minimum Gasteiger partial charge on any atom is -0.368 e. The molecule has 76 valence electrons. The Labute approximate surface area is 82.3 Å². The first-order chi connectivity index (χ1) is 6.77. The van der Waals surface area contributed by atoms with Gasteiger partial charge in [0.2, 0.25) is 5.91 Å². The second-order valence-corrected chi connectivity index (χ2v) is 3.56. The van der Waals surface area contributed by atoms with Crippen LogP contribution in [0.1, 0.15) is 24.6 Å². The molecule has 5 nitrogen and oxygen atoms in total. The minimum absolute atomic E-state index is 0.216. The topological polar surface area (TPSA) is 72.9 Å². The number of rotatable bonds is 3. The number of primary amides is 1. The molecule has 0 spiro atoms. The molecule has 1 fully saturated rings. The smallest absolute Gasteiger partial charge is 0.237 e. The van der Waals surface area contributed by atoms with Crippen molar-refractivity contribution in [3.63, 3.8) is 0 Å². The highest BCUT2D eigenvalue weighted by Crippen LogP contribution is 2.22. The van der Waals surface area contributed by atoms with Crippen molar-refractivity contribution in [2.75, 3.05) is 6.54 Å². The number of imidazole rings is 1. The van der Waals surface area contributed by atoms with E-state index in [9.17, 15) is 4.79 Å². The van der Waals surface area contributed by atoms with Gasteiger partial charge in [-0.3, -0.25) is 4.79 Å². The Hall–Kier alpha value is -1.36. The van der Waals surface area contributed by atoms with Crippen LogP contribution in [0.2, 0.25) is 0 Å². The molecule has 1 saturated heterocycles. The lowest BCUT2D eigenvalue weighted by Gasteiger charge is -2.12. The number of nitrogens with two attached hydrogens (primary N) is 1. The fourth-order valence-electron chi connectivity index (χ4n) is 1.86. The van der Waals surface area contributed by atoms with Crippen molar-refractivity contribution in [2.24, 2.45) is 5.73 Å². The summed E-state index contributed by atoms with van der Waals surface area (Å²) in [5.41, 5.74) is 6.20. The molecule has 0 saturated carbocycles. The van der Waals surface area contributed by atoms with Crippen LogP contribution >= 0.6 is 0 Å². The monoisotopic (exact) mass is 194 g/mol.